The van der Waals surface area contributed by atoms with Crippen LogP contribution in [0.5, 0.6) is 0 Å². The lowest BCUT2D eigenvalue weighted by molar-refractivity contribution is -0.0328. The van der Waals surface area contributed by atoms with Crippen LogP contribution in [0, 0.1) is 29.1 Å². The van der Waals surface area contributed by atoms with Crippen LogP contribution in [0.25, 0.3) is 0 Å². The minimum atomic E-state index is -4.25. The average molecular weight is 514 g/mol. The van der Waals surface area contributed by atoms with Gasteiger partial charge in [0.15, 0.2) is 0 Å². The molecule has 3 fully saturated rings. The molecule has 1 unspecified atom stereocenters. The molecule has 0 aromatic heterocycles. The van der Waals surface area contributed by atoms with Gasteiger partial charge in [-0.25, -0.2) is 0 Å². The van der Waals surface area contributed by atoms with Crippen molar-refractivity contribution in [3.63, 3.8) is 0 Å². The molecule has 1 aliphatic carbocycles. The third kappa shape index (κ3) is 5.40. The lowest BCUT2D eigenvalue weighted by Gasteiger charge is -2.47. The van der Waals surface area contributed by atoms with Gasteiger partial charge in [-0.3, -0.25) is 0 Å². The van der Waals surface area contributed by atoms with Gasteiger partial charge in [-0.05, 0) is 92.2 Å². The maximum atomic E-state index is 12.6. The molecule has 2 aliphatic heterocycles. The number of hydrogen-bond acceptors (Lipinski definition) is 4. The van der Waals surface area contributed by atoms with Gasteiger partial charge in [0, 0.05) is 36.1 Å². The summed E-state index contributed by atoms with van der Waals surface area (Å²) in [5, 5.41) is 10.6. The first-order valence-electron chi connectivity index (χ1n) is 13.2. The predicted molar refractivity (Wildman–Crippen MR) is 139 cm³/mol. The standard InChI is InChI=1S/C29H34F3N3S/c30-29(31,32)36-27-12-10-26(11-13-27)35-19-22(20-35)18-34-16-14-25(15-17-34)28(21-33,24-8-4-5-9-24)23-6-2-1-3-7-23/h1-3,6-7,10-13,22,24-25H,4-5,8-9,14-20H2. The fourth-order valence-corrected chi connectivity index (χ4v) is 7.38. The van der Waals surface area contributed by atoms with Crippen molar-refractivity contribution in [3.8, 4) is 6.07 Å². The van der Waals surface area contributed by atoms with E-state index < -0.39 is 5.51 Å². The molecule has 2 aromatic carbocycles. The Labute approximate surface area is 216 Å². The number of piperidine rings is 1. The number of nitrogens with zero attached hydrogens (tertiary/aromatic N) is 3. The monoisotopic (exact) mass is 513 g/mol. The Bertz CT molecular complexity index is 1030. The van der Waals surface area contributed by atoms with Crippen molar-refractivity contribution >= 4 is 17.4 Å². The number of rotatable bonds is 7. The Hall–Kier alpha value is -2.17. The highest BCUT2D eigenvalue weighted by Gasteiger charge is 2.48. The lowest BCUT2D eigenvalue weighted by Crippen LogP contribution is -2.53. The second-order valence-electron chi connectivity index (χ2n) is 10.7. The van der Waals surface area contributed by atoms with Crippen LogP contribution in [0.2, 0.25) is 0 Å². The molecular formula is C29H34F3N3S. The highest BCUT2D eigenvalue weighted by molar-refractivity contribution is 8.00. The molecule has 0 bridgehead atoms. The minimum Gasteiger partial charge on any atom is -0.371 e. The molecule has 0 spiro atoms. The third-order valence-electron chi connectivity index (χ3n) is 8.58. The SMILES string of the molecule is N#CC(c1ccccc1)(C1CCCC1)C1CCN(CC2CN(c3ccc(SC(F)(F)F)cc3)C2)CC1. The summed E-state index contributed by atoms with van der Waals surface area (Å²) < 4.78 is 37.7. The molecule has 0 radical (unpaired) electrons. The molecule has 192 valence electrons. The zero-order valence-electron chi connectivity index (χ0n) is 20.6. The Morgan fingerprint density at radius 2 is 1.47 bits per heavy atom. The quantitative estimate of drug-likeness (QED) is 0.370. The van der Waals surface area contributed by atoms with Crippen LogP contribution >= 0.6 is 11.8 Å². The van der Waals surface area contributed by atoms with Crippen molar-refractivity contribution < 1.29 is 13.2 Å². The van der Waals surface area contributed by atoms with E-state index in [0.717, 1.165) is 64.1 Å². The van der Waals surface area contributed by atoms with Gasteiger partial charge >= 0.3 is 5.51 Å². The smallest absolute Gasteiger partial charge is 0.371 e. The highest BCUT2D eigenvalue weighted by Crippen LogP contribution is 2.50. The van der Waals surface area contributed by atoms with E-state index >= 15 is 0 Å². The first-order chi connectivity index (χ1) is 17.4. The van der Waals surface area contributed by atoms with Crippen LogP contribution in [-0.2, 0) is 5.41 Å². The van der Waals surface area contributed by atoms with E-state index in [9.17, 15) is 18.4 Å². The molecule has 0 amide bonds. The minimum absolute atomic E-state index is 0.0649. The van der Waals surface area contributed by atoms with Crippen LogP contribution in [0.4, 0.5) is 18.9 Å². The van der Waals surface area contributed by atoms with E-state index in [-0.39, 0.29) is 22.1 Å². The Morgan fingerprint density at radius 3 is 2.06 bits per heavy atom. The highest BCUT2D eigenvalue weighted by atomic mass is 32.2. The number of likely N-dealkylation sites (tertiary alicyclic amines) is 1. The van der Waals surface area contributed by atoms with Gasteiger partial charge in [0.05, 0.1) is 11.5 Å². The Balaban J connectivity index is 1.15. The van der Waals surface area contributed by atoms with Crippen LogP contribution in [0.1, 0.15) is 44.1 Å². The Kier molecular flexibility index (Phi) is 7.55. The molecule has 2 saturated heterocycles. The van der Waals surface area contributed by atoms with Gasteiger partial charge in [-0.2, -0.15) is 18.4 Å². The van der Waals surface area contributed by atoms with E-state index in [1.807, 2.05) is 6.07 Å². The van der Waals surface area contributed by atoms with Crippen LogP contribution in [0.15, 0.2) is 59.5 Å². The molecule has 2 heterocycles. The fourth-order valence-electron chi connectivity index (χ4n) is 6.84. The number of thioether (sulfide) groups is 1. The van der Waals surface area contributed by atoms with Crippen LogP contribution in [0.3, 0.4) is 0 Å². The van der Waals surface area contributed by atoms with Crippen molar-refractivity contribution in [3.05, 3.63) is 60.2 Å². The van der Waals surface area contributed by atoms with Crippen molar-refractivity contribution in [1.29, 1.82) is 5.26 Å². The Morgan fingerprint density at radius 1 is 0.861 bits per heavy atom. The number of nitriles is 1. The molecule has 3 aliphatic rings. The van der Waals surface area contributed by atoms with Crippen molar-refractivity contribution in [2.24, 2.45) is 17.8 Å². The average Bonchev–Trinajstić information content (AvgIpc) is 3.39. The van der Waals surface area contributed by atoms with Crippen molar-refractivity contribution in [2.75, 3.05) is 37.6 Å². The van der Waals surface area contributed by atoms with Crippen molar-refractivity contribution in [2.45, 2.75) is 54.3 Å². The van der Waals surface area contributed by atoms with Gasteiger partial charge in [-0.15, -0.1) is 0 Å². The van der Waals surface area contributed by atoms with E-state index in [0.29, 0.717) is 17.8 Å². The zero-order valence-corrected chi connectivity index (χ0v) is 21.4. The van der Waals surface area contributed by atoms with Crippen LogP contribution < -0.4 is 4.90 Å². The van der Waals surface area contributed by atoms with Gasteiger partial charge in [0.1, 0.15) is 0 Å². The van der Waals surface area contributed by atoms with Crippen molar-refractivity contribution in [1.82, 2.24) is 4.90 Å². The predicted octanol–water partition coefficient (Wildman–Crippen LogP) is 7.10. The lowest BCUT2D eigenvalue weighted by atomic mass is 9.60. The summed E-state index contributed by atoms with van der Waals surface area (Å²) in [6.07, 6.45) is 6.93. The number of hydrogen-bond donors (Lipinski definition) is 0. The fraction of sp³-hybridized carbons (Fsp3) is 0.552. The first kappa shape index (κ1) is 25.5. The summed E-state index contributed by atoms with van der Waals surface area (Å²) in [4.78, 5) is 5.03. The molecule has 36 heavy (non-hydrogen) atoms. The molecular weight excluding hydrogens is 479 g/mol. The van der Waals surface area contributed by atoms with E-state index in [1.54, 1.807) is 24.3 Å². The van der Waals surface area contributed by atoms with Gasteiger partial charge in [0.2, 0.25) is 0 Å². The molecule has 0 N–H and O–H groups in total. The number of alkyl halides is 3. The maximum Gasteiger partial charge on any atom is 0.446 e. The molecule has 7 heteroatoms. The summed E-state index contributed by atoms with van der Waals surface area (Å²) in [7, 11) is 0. The largest absolute Gasteiger partial charge is 0.446 e. The second kappa shape index (κ2) is 10.7. The first-order valence-corrected chi connectivity index (χ1v) is 14.0. The van der Waals surface area contributed by atoms with Crippen LogP contribution in [-0.4, -0.2) is 43.1 Å². The molecule has 3 nitrogen and oxygen atoms in total. The van der Waals surface area contributed by atoms with E-state index in [4.69, 9.17) is 0 Å². The second-order valence-corrected chi connectivity index (χ2v) is 11.9. The topological polar surface area (TPSA) is 30.3 Å². The van der Waals surface area contributed by atoms with E-state index in [1.165, 1.54) is 18.4 Å². The third-order valence-corrected chi connectivity index (χ3v) is 9.32. The zero-order chi connectivity index (χ0) is 25.2. The van der Waals surface area contributed by atoms with Gasteiger partial charge in [0.25, 0.3) is 0 Å². The summed E-state index contributed by atoms with van der Waals surface area (Å²) in [6.45, 7) is 5.01. The molecule has 5 rings (SSSR count). The number of halogens is 3. The van der Waals surface area contributed by atoms with Gasteiger partial charge < -0.3 is 9.80 Å². The van der Waals surface area contributed by atoms with E-state index in [2.05, 4.69) is 40.1 Å². The summed E-state index contributed by atoms with van der Waals surface area (Å²) in [6, 6.07) is 20.1. The molecule has 1 atom stereocenters. The number of benzene rings is 2. The summed E-state index contributed by atoms with van der Waals surface area (Å²) >= 11 is -0.0649. The normalized spacial score (nSPS) is 22.2. The summed E-state index contributed by atoms with van der Waals surface area (Å²) in [5.41, 5.74) is -2.41. The molecule has 2 aromatic rings. The summed E-state index contributed by atoms with van der Waals surface area (Å²) in [5.74, 6) is 1.44. The maximum absolute atomic E-state index is 12.6. The molecule has 1 saturated carbocycles. The van der Waals surface area contributed by atoms with Gasteiger partial charge in [-0.1, -0.05) is 43.2 Å². The number of anilines is 1.